The van der Waals surface area contributed by atoms with Crippen LogP contribution in [0.25, 0.3) is 16.8 Å². The third-order valence-electron chi connectivity index (χ3n) is 6.64. The predicted molar refractivity (Wildman–Crippen MR) is 121 cm³/mol. The quantitative estimate of drug-likeness (QED) is 0.660. The van der Waals surface area contributed by atoms with Crippen LogP contribution in [0.15, 0.2) is 73.1 Å². The zero-order chi connectivity index (χ0) is 20.3. The maximum atomic E-state index is 12.8. The highest BCUT2D eigenvalue weighted by atomic mass is 16.1. The van der Waals surface area contributed by atoms with E-state index in [1.807, 2.05) is 36.7 Å². The normalized spacial score (nSPS) is 25.6. The number of nitrogens with zero attached hydrogens (tertiary/aromatic N) is 2. The number of hydrogen-bond acceptors (Lipinski definition) is 3. The number of nitrogens with one attached hydrogen (secondary N) is 1. The van der Waals surface area contributed by atoms with Gasteiger partial charge in [0.15, 0.2) is 0 Å². The summed E-state index contributed by atoms with van der Waals surface area (Å²) in [6.07, 6.45) is 10.6. The molecule has 1 N–H and O–H groups in total. The first kappa shape index (κ1) is 19.0. The number of aromatic nitrogens is 1. The second-order valence-corrected chi connectivity index (χ2v) is 8.48. The third-order valence-corrected chi connectivity index (χ3v) is 6.64. The summed E-state index contributed by atoms with van der Waals surface area (Å²) >= 11 is 0. The molecule has 6 rings (SSSR count). The summed E-state index contributed by atoms with van der Waals surface area (Å²) in [5, 5.41) is 5.74. The van der Waals surface area contributed by atoms with Gasteiger partial charge in [0.05, 0.1) is 0 Å². The average Bonchev–Trinajstić information content (AvgIpc) is 2.80. The van der Waals surface area contributed by atoms with E-state index in [0.717, 1.165) is 25.1 Å². The zero-order valence-electron chi connectivity index (χ0n) is 17.1. The van der Waals surface area contributed by atoms with Gasteiger partial charge in [-0.15, -0.1) is 0 Å². The first-order chi connectivity index (χ1) is 14.8. The minimum absolute atomic E-state index is 0.00176. The summed E-state index contributed by atoms with van der Waals surface area (Å²) in [4.78, 5) is 19.6. The highest BCUT2D eigenvalue weighted by molar-refractivity contribution is 5.93. The molecule has 3 aliphatic rings. The van der Waals surface area contributed by atoms with Crippen LogP contribution in [0.4, 0.5) is 0 Å². The molecule has 3 fully saturated rings. The maximum absolute atomic E-state index is 12.8. The molecule has 3 saturated heterocycles. The fraction of sp³-hybridized carbons (Fsp3) is 0.308. The Balaban J connectivity index is 1.29. The van der Waals surface area contributed by atoms with E-state index in [9.17, 15) is 4.79 Å². The average molecular weight is 398 g/mol. The van der Waals surface area contributed by atoms with Gasteiger partial charge in [-0.3, -0.25) is 14.7 Å². The predicted octanol–water partition coefficient (Wildman–Crippen LogP) is 4.07. The van der Waals surface area contributed by atoms with Crippen molar-refractivity contribution in [1.29, 1.82) is 0 Å². The highest BCUT2D eigenvalue weighted by Crippen LogP contribution is 2.34. The molecular weight excluding hydrogens is 370 g/mol. The van der Waals surface area contributed by atoms with Crippen molar-refractivity contribution < 1.29 is 4.79 Å². The Kier molecular flexibility index (Phi) is 5.33. The van der Waals surface area contributed by atoms with Crippen LogP contribution in [-0.4, -0.2) is 41.0 Å². The summed E-state index contributed by atoms with van der Waals surface area (Å²) in [5.41, 5.74) is 2.28. The van der Waals surface area contributed by atoms with Crippen molar-refractivity contribution in [2.24, 2.45) is 5.92 Å². The molecule has 4 nitrogen and oxygen atoms in total. The number of hydrogen-bond donors (Lipinski definition) is 1. The minimum Gasteiger partial charge on any atom is -0.348 e. The van der Waals surface area contributed by atoms with E-state index < -0.39 is 0 Å². The molecule has 2 bridgehead atoms. The van der Waals surface area contributed by atoms with Crippen molar-refractivity contribution >= 4 is 22.8 Å². The van der Waals surface area contributed by atoms with Crippen molar-refractivity contribution in [3.05, 3.63) is 84.2 Å². The van der Waals surface area contributed by atoms with Crippen LogP contribution < -0.4 is 5.32 Å². The van der Waals surface area contributed by atoms with E-state index in [1.165, 1.54) is 29.2 Å². The number of fused-ring (bicyclic) bond motifs is 4. The lowest BCUT2D eigenvalue weighted by atomic mass is 9.77. The van der Waals surface area contributed by atoms with Crippen molar-refractivity contribution in [3.8, 4) is 0 Å². The van der Waals surface area contributed by atoms with Crippen LogP contribution in [0.3, 0.4) is 0 Å². The van der Waals surface area contributed by atoms with Gasteiger partial charge in [-0.1, -0.05) is 42.5 Å². The monoisotopic (exact) mass is 397 g/mol. The Morgan fingerprint density at radius 3 is 2.70 bits per heavy atom. The van der Waals surface area contributed by atoms with Gasteiger partial charge in [-0.25, -0.2) is 0 Å². The van der Waals surface area contributed by atoms with Crippen LogP contribution in [-0.2, 0) is 11.2 Å². The summed E-state index contributed by atoms with van der Waals surface area (Å²) in [7, 11) is 0. The van der Waals surface area contributed by atoms with Crippen LogP contribution in [0.5, 0.6) is 0 Å². The van der Waals surface area contributed by atoms with E-state index in [0.29, 0.717) is 12.0 Å². The van der Waals surface area contributed by atoms with Gasteiger partial charge < -0.3 is 5.32 Å². The largest absolute Gasteiger partial charge is 0.348 e. The Morgan fingerprint density at radius 2 is 1.90 bits per heavy atom. The molecule has 0 saturated carbocycles. The molecule has 152 valence electrons. The van der Waals surface area contributed by atoms with E-state index >= 15 is 0 Å². The fourth-order valence-corrected chi connectivity index (χ4v) is 5.08. The molecule has 2 aromatic carbocycles. The zero-order valence-corrected chi connectivity index (χ0v) is 17.1. The molecule has 1 aromatic heterocycles. The van der Waals surface area contributed by atoms with Crippen LogP contribution in [0.2, 0.25) is 0 Å². The lowest BCUT2D eigenvalue weighted by Gasteiger charge is -2.51. The van der Waals surface area contributed by atoms with Gasteiger partial charge in [0.2, 0.25) is 5.91 Å². The molecule has 2 atom stereocenters. The van der Waals surface area contributed by atoms with Gasteiger partial charge >= 0.3 is 0 Å². The van der Waals surface area contributed by atoms with Gasteiger partial charge in [0, 0.05) is 30.6 Å². The Hall–Kier alpha value is -2.98. The molecular formula is C26H27N3O. The molecule has 3 aromatic rings. The summed E-state index contributed by atoms with van der Waals surface area (Å²) in [5.74, 6) is 0.563. The second kappa shape index (κ2) is 8.41. The molecule has 4 heterocycles. The van der Waals surface area contributed by atoms with Gasteiger partial charge in [-0.2, -0.15) is 0 Å². The van der Waals surface area contributed by atoms with Crippen LogP contribution in [0, 0.1) is 5.92 Å². The lowest BCUT2D eigenvalue weighted by Crippen LogP contribution is -2.64. The maximum Gasteiger partial charge on any atom is 0.244 e. The number of benzene rings is 2. The minimum atomic E-state index is -0.00176. The molecule has 2 unspecified atom stereocenters. The number of rotatable bonds is 5. The molecule has 0 aliphatic carbocycles. The molecule has 4 heteroatoms. The number of piperidine rings is 3. The third kappa shape index (κ3) is 4.01. The van der Waals surface area contributed by atoms with Crippen molar-refractivity contribution in [2.45, 2.75) is 31.3 Å². The van der Waals surface area contributed by atoms with Gasteiger partial charge in [-0.05, 0) is 78.4 Å². The Bertz CT molecular complexity index is 1050. The first-order valence-corrected chi connectivity index (χ1v) is 10.9. The number of pyridine rings is 1. The molecule has 0 spiro atoms. The van der Waals surface area contributed by atoms with E-state index in [4.69, 9.17) is 0 Å². The number of carbonyl (C=O) groups is 1. The highest BCUT2D eigenvalue weighted by Gasteiger charge is 2.42. The van der Waals surface area contributed by atoms with E-state index in [2.05, 4.69) is 51.6 Å². The van der Waals surface area contributed by atoms with E-state index in [1.54, 1.807) is 6.08 Å². The smallest absolute Gasteiger partial charge is 0.244 e. The molecule has 30 heavy (non-hydrogen) atoms. The van der Waals surface area contributed by atoms with E-state index in [-0.39, 0.29) is 11.9 Å². The topological polar surface area (TPSA) is 45.2 Å². The summed E-state index contributed by atoms with van der Waals surface area (Å²) in [6.45, 7) is 2.27. The van der Waals surface area contributed by atoms with Crippen LogP contribution in [0.1, 0.15) is 24.0 Å². The lowest BCUT2D eigenvalue weighted by molar-refractivity contribution is -0.119. The molecule has 0 radical (unpaired) electrons. The Labute approximate surface area is 177 Å². The molecule has 1 amide bonds. The SMILES string of the molecule is O=C(C=Cc1ccc2ccccc2c1)NC1C2CCN(CC2)C1Cc1cccnc1. The van der Waals surface area contributed by atoms with Crippen molar-refractivity contribution in [1.82, 2.24) is 15.2 Å². The standard InChI is InChI=1S/C26H27N3O/c30-25(10-8-19-7-9-21-5-1-2-6-23(21)16-19)28-26-22-11-14-29(15-12-22)24(26)17-20-4-3-13-27-18-20/h1-10,13,16,18,22,24,26H,11-12,14-15,17H2,(H,28,30). The van der Waals surface area contributed by atoms with Gasteiger partial charge in [0.25, 0.3) is 0 Å². The summed E-state index contributed by atoms with van der Waals surface area (Å²) in [6, 6.07) is 19.2. The second-order valence-electron chi connectivity index (χ2n) is 8.48. The number of carbonyl (C=O) groups excluding carboxylic acids is 1. The Morgan fingerprint density at radius 1 is 1.07 bits per heavy atom. The summed E-state index contributed by atoms with van der Waals surface area (Å²) < 4.78 is 0. The van der Waals surface area contributed by atoms with Crippen molar-refractivity contribution in [2.75, 3.05) is 13.1 Å². The first-order valence-electron chi connectivity index (χ1n) is 10.9. The van der Waals surface area contributed by atoms with Crippen LogP contribution >= 0.6 is 0 Å². The molecule has 3 aliphatic heterocycles. The van der Waals surface area contributed by atoms with Crippen molar-refractivity contribution in [3.63, 3.8) is 0 Å². The number of amides is 1. The fourth-order valence-electron chi connectivity index (χ4n) is 5.08. The van der Waals surface area contributed by atoms with Gasteiger partial charge in [0.1, 0.15) is 0 Å².